The number of carboxylic acids is 1. The summed E-state index contributed by atoms with van der Waals surface area (Å²) in [5.41, 5.74) is 1.86. The van der Waals surface area contributed by atoms with Crippen LogP contribution in [0.2, 0.25) is 0 Å². The molecule has 1 aliphatic carbocycles. The van der Waals surface area contributed by atoms with E-state index >= 15 is 0 Å². The maximum Gasteiger partial charge on any atom is 0.308 e. The van der Waals surface area contributed by atoms with E-state index in [9.17, 15) is 9.90 Å². The number of carbonyl (C=O) groups is 1. The first kappa shape index (κ1) is 24.1. The fraction of sp³-hybridized carbons (Fsp3) is 0.792. The zero-order valence-corrected chi connectivity index (χ0v) is 19.1. The van der Waals surface area contributed by atoms with Crippen LogP contribution in [0, 0.1) is 11.3 Å². The van der Waals surface area contributed by atoms with E-state index < -0.39 is 29.2 Å². The summed E-state index contributed by atoms with van der Waals surface area (Å²) in [6.07, 6.45) is 10.7. The molecular formula is C24H40O5. The van der Waals surface area contributed by atoms with Crippen LogP contribution in [0.3, 0.4) is 0 Å². The van der Waals surface area contributed by atoms with Gasteiger partial charge in [0.1, 0.15) is 11.7 Å². The summed E-state index contributed by atoms with van der Waals surface area (Å²) in [6.45, 7) is 12.3. The Kier molecular flexibility index (Phi) is 7.74. The van der Waals surface area contributed by atoms with Gasteiger partial charge in [0.2, 0.25) is 0 Å². The number of allylic oxidation sites excluding steroid dienone is 2. The van der Waals surface area contributed by atoms with Gasteiger partial charge in [-0.05, 0) is 84.5 Å². The van der Waals surface area contributed by atoms with E-state index in [0.717, 1.165) is 12.8 Å². The van der Waals surface area contributed by atoms with Gasteiger partial charge in [0.25, 0.3) is 0 Å². The van der Waals surface area contributed by atoms with E-state index in [2.05, 4.69) is 20.8 Å². The second-order valence-electron chi connectivity index (χ2n) is 10.3. The van der Waals surface area contributed by atoms with E-state index in [4.69, 9.17) is 14.9 Å². The fourth-order valence-electron chi connectivity index (χ4n) is 4.59. The van der Waals surface area contributed by atoms with Crippen molar-refractivity contribution < 1.29 is 24.8 Å². The van der Waals surface area contributed by atoms with E-state index in [1.165, 1.54) is 30.4 Å². The molecule has 0 saturated carbocycles. The minimum absolute atomic E-state index is 0.229. The van der Waals surface area contributed by atoms with Crippen molar-refractivity contribution in [1.82, 2.24) is 0 Å². The molecule has 0 radical (unpaired) electrons. The highest BCUT2D eigenvalue weighted by Gasteiger charge is 2.37. The molecule has 1 heterocycles. The summed E-state index contributed by atoms with van der Waals surface area (Å²) in [7, 11) is 0. The lowest BCUT2D eigenvalue weighted by atomic mass is 9.70. The third-order valence-electron chi connectivity index (χ3n) is 6.87. The van der Waals surface area contributed by atoms with Crippen LogP contribution in [0.15, 0.2) is 23.3 Å². The molecule has 2 rings (SSSR count). The van der Waals surface area contributed by atoms with Gasteiger partial charge in [-0.15, -0.1) is 0 Å². The van der Waals surface area contributed by atoms with Gasteiger partial charge < -0.3 is 10.2 Å². The van der Waals surface area contributed by atoms with Crippen LogP contribution >= 0.6 is 0 Å². The van der Waals surface area contributed by atoms with Crippen molar-refractivity contribution in [3.63, 3.8) is 0 Å². The number of aliphatic hydroxyl groups is 1. The molecule has 0 amide bonds. The fourth-order valence-corrected chi connectivity index (χ4v) is 4.59. The maximum atomic E-state index is 11.1. The lowest BCUT2D eigenvalue weighted by molar-refractivity contribution is -0.409. The molecule has 0 spiro atoms. The van der Waals surface area contributed by atoms with Crippen molar-refractivity contribution in [3.05, 3.63) is 23.3 Å². The molecule has 2 N–H and O–H groups in total. The Hall–Kier alpha value is -1.17. The monoisotopic (exact) mass is 408 g/mol. The van der Waals surface area contributed by atoms with Gasteiger partial charge in [0.15, 0.2) is 0 Å². The third kappa shape index (κ3) is 6.66. The maximum absolute atomic E-state index is 11.1. The van der Waals surface area contributed by atoms with Crippen molar-refractivity contribution in [3.8, 4) is 0 Å². The summed E-state index contributed by atoms with van der Waals surface area (Å²) in [6, 6.07) is 0. The van der Waals surface area contributed by atoms with E-state index in [1.807, 2.05) is 26.0 Å². The van der Waals surface area contributed by atoms with Crippen LogP contribution in [-0.2, 0) is 14.6 Å². The van der Waals surface area contributed by atoms with Crippen molar-refractivity contribution in [2.45, 2.75) is 110 Å². The van der Waals surface area contributed by atoms with Crippen molar-refractivity contribution in [2.75, 3.05) is 0 Å². The highest BCUT2D eigenvalue weighted by atomic mass is 17.2. The highest BCUT2D eigenvalue weighted by Crippen LogP contribution is 2.43. The molecule has 4 atom stereocenters. The average molecular weight is 409 g/mol. The second-order valence-corrected chi connectivity index (χ2v) is 10.3. The van der Waals surface area contributed by atoms with Crippen LogP contribution in [0.1, 0.15) is 92.9 Å². The van der Waals surface area contributed by atoms with Crippen molar-refractivity contribution >= 4 is 5.97 Å². The molecule has 0 unspecified atom stereocenters. The quantitative estimate of drug-likeness (QED) is 0.405. The first-order valence-electron chi connectivity index (χ1n) is 11.0. The topological polar surface area (TPSA) is 76.0 Å². The Morgan fingerprint density at radius 1 is 1.34 bits per heavy atom. The van der Waals surface area contributed by atoms with Gasteiger partial charge in [-0.1, -0.05) is 37.1 Å². The lowest BCUT2D eigenvalue weighted by Crippen LogP contribution is -2.41. The summed E-state index contributed by atoms with van der Waals surface area (Å²) < 4.78 is 0. The van der Waals surface area contributed by atoms with Crippen LogP contribution in [0.4, 0.5) is 0 Å². The number of hydrogen-bond acceptors (Lipinski definition) is 4. The summed E-state index contributed by atoms with van der Waals surface area (Å²) in [5, 5.41) is 20.0. The first-order valence-corrected chi connectivity index (χ1v) is 11.0. The first-order chi connectivity index (χ1) is 13.4. The highest BCUT2D eigenvalue weighted by molar-refractivity contribution is 5.70. The number of carboxylic acid groups (broad SMARTS) is 1. The molecule has 0 aromatic carbocycles. The van der Waals surface area contributed by atoms with Gasteiger partial charge in [0.05, 0.1) is 11.5 Å². The Morgan fingerprint density at radius 2 is 2.03 bits per heavy atom. The zero-order chi connectivity index (χ0) is 21.9. The minimum atomic E-state index is -0.871. The molecule has 1 fully saturated rings. The molecule has 5 nitrogen and oxygen atoms in total. The molecule has 5 heteroatoms. The van der Waals surface area contributed by atoms with Gasteiger partial charge in [-0.2, -0.15) is 0 Å². The molecule has 0 aromatic heterocycles. The predicted molar refractivity (Wildman–Crippen MR) is 114 cm³/mol. The number of rotatable bonds is 8. The second kappa shape index (κ2) is 9.32. The van der Waals surface area contributed by atoms with Gasteiger partial charge in [0, 0.05) is 0 Å². The minimum Gasteiger partial charge on any atom is -0.481 e. The average Bonchev–Trinajstić information content (AvgIpc) is 2.60. The molecule has 1 aliphatic heterocycles. The summed E-state index contributed by atoms with van der Waals surface area (Å²) >= 11 is 0. The molecule has 29 heavy (non-hydrogen) atoms. The Bertz CT molecular complexity index is 636. The van der Waals surface area contributed by atoms with Gasteiger partial charge in [-0.3, -0.25) is 4.79 Å². The Morgan fingerprint density at radius 3 is 2.59 bits per heavy atom. The van der Waals surface area contributed by atoms with E-state index in [1.54, 1.807) is 6.92 Å². The molecule has 1 saturated heterocycles. The van der Waals surface area contributed by atoms with Crippen LogP contribution in [-0.4, -0.2) is 33.5 Å². The molecule has 166 valence electrons. The standard InChI is InChI=1S/C24H40O5/c1-17-9-7-12-22(3,4)19(17)10-15-23(5,27)13-8-14-24(6)16-11-20(28-29-24)18(2)21(25)26/h8,13,18,20,27H,7,9-12,14-16H2,1-6H3,(H,25,26)/b13-8+/t18-,20+,23-,24-/m0/s1. The van der Waals surface area contributed by atoms with Crippen LogP contribution in [0.25, 0.3) is 0 Å². The van der Waals surface area contributed by atoms with Crippen molar-refractivity contribution in [1.29, 1.82) is 0 Å². The SMILES string of the molecule is CC1=C(CC[C@@](C)(O)/C=C/C[C@@]2(C)CC[C@H]([C@H](C)C(=O)O)OO2)C(C)(C)CCC1. The summed E-state index contributed by atoms with van der Waals surface area (Å²) in [5.74, 6) is -1.46. The van der Waals surface area contributed by atoms with Crippen LogP contribution < -0.4 is 0 Å². The van der Waals surface area contributed by atoms with E-state index in [0.29, 0.717) is 19.3 Å². The predicted octanol–water partition coefficient (Wildman–Crippen LogP) is 5.58. The molecule has 2 aliphatic rings. The normalized spacial score (nSPS) is 30.9. The Labute approximate surface area is 176 Å². The molecule has 0 aromatic rings. The van der Waals surface area contributed by atoms with Crippen molar-refractivity contribution in [2.24, 2.45) is 11.3 Å². The largest absolute Gasteiger partial charge is 0.481 e. The van der Waals surface area contributed by atoms with Gasteiger partial charge >= 0.3 is 5.97 Å². The van der Waals surface area contributed by atoms with Gasteiger partial charge in [-0.25, -0.2) is 9.78 Å². The summed E-state index contributed by atoms with van der Waals surface area (Å²) in [4.78, 5) is 22.0. The lowest BCUT2D eigenvalue weighted by Gasteiger charge is -2.37. The van der Waals surface area contributed by atoms with E-state index in [-0.39, 0.29) is 5.41 Å². The number of aliphatic carboxylic acids is 1. The van der Waals surface area contributed by atoms with Crippen LogP contribution in [0.5, 0.6) is 0 Å². The molecular weight excluding hydrogens is 368 g/mol. The molecule has 0 bridgehead atoms. The third-order valence-corrected chi connectivity index (χ3v) is 6.87. The Balaban J connectivity index is 1.86. The number of hydrogen-bond donors (Lipinski definition) is 2. The zero-order valence-electron chi connectivity index (χ0n) is 19.1. The smallest absolute Gasteiger partial charge is 0.308 e.